The third-order valence-corrected chi connectivity index (χ3v) is 4.03. The smallest absolute Gasteiger partial charge is 0.227 e. The normalized spacial score (nSPS) is 18.0. The average Bonchev–Trinajstić information content (AvgIpc) is 2.86. The molecule has 1 amide bonds. The van der Waals surface area contributed by atoms with Gasteiger partial charge in [0.2, 0.25) is 5.91 Å². The van der Waals surface area contributed by atoms with Gasteiger partial charge in [-0.15, -0.1) is 11.6 Å². The lowest BCUT2D eigenvalue weighted by Crippen LogP contribution is -2.26. The van der Waals surface area contributed by atoms with Gasteiger partial charge in [-0.05, 0) is 18.9 Å². The number of carbonyl (C=O) groups is 2. The highest BCUT2D eigenvalue weighted by Gasteiger charge is 2.32. The summed E-state index contributed by atoms with van der Waals surface area (Å²) in [7, 11) is 3.02. The molecule has 1 aliphatic heterocycles. The molecule has 0 spiro atoms. The molecule has 1 saturated heterocycles. The van der Waals surface area contributed by atoms with Crippen LogP contribution >= 0.6 is 11.6 Å². The van der Waals surface area contributed by atoms with Crippen LogP contribution in [0.4, 0.5) is 5.69 Å². The van der Waals surface area contributed by atoms with Gasteiger partial charge in [0.15, 0.2) is 17.3 Å². The van der Waals surface area contributed by atoms with Crippen molar-refractivity contribution in [3.8, 4) is 11.5 Å². The Morgan fingerprint density at radius 1 is 1.33 bits per heavy atom. The Hall–Kier alpha value is -1.75. The first kappa shape index (κ1) is 15.6. The molecule has 0 N–H and O–H groups in total. The number of Topliss-reactive ketones (excluding diaryl/α,β-unsaturated/α-hetero) is 1. The van der Waals surface area contributed by atoms with Crippen LogP contribution in [-0.4, -0.2) is 38.3 Å². The zero-order chi connectivity index (χ0) is 15.6. The number of anilines is 1. The van der Waals surface area contributed by atoms with Crippen LogP contribution in [-0.2, 0) is 4.79 Å². The largest absolute Gasteiger partial charge is 0.493 e. The molecular formula is C15H18ClNO4. The van der Waals surface area contributed by atoms with E-state index in [4.69, 9.17) is 21.1 Å². The molecule has 1 aromatic carbocycles. The molecule has 0 aliphatic carbocycles. The summed E-state index contributed by atoms with van der Waals surface area (Å²) in [5.74, 6) is 1.31. The van der Waals surface area contributed by atoms with Gasteiger partial charge >= 0.3 is 0 Å². The molecule has 1 unspecified atom stereocenters. The highest BCUT2D eigenvalue weighted by atomic mass is 35.5. The first-order valence-corrected chi connectivity index (χ1v) is 7.18. The molecule has 6 heteroatoms. The summed E-state index contributed by atoms with van der Waals surface area (Å²) in [5, 5.41) is 0. The number of hydrogen-bond donors (Lipinski definition) is 0. The lowest BCUT2D eigenvalue weighted by Gasteiger charge is -2.21. The van der Waals surface area contributed by atoms with Gasteiger partial charge in [0.25, 0.3) is 0 Å². The predicted molar refractivity (Wildman–Crippen MR) is 80.7 cm³/mol. The Balaban J connectivity index is 2.51. The van der Waals surface area contributed by atoms with Crippen molar-refractivity contribution in [3.05, 3.63) is 17.7 Å². The van der Waals surface area contributed by atoms with E-state index in [-0.39, 0.29) is 17.6 Å². The maximum atomic E-state index is 12.2. The molecule has 1 aliphatic rings. The Morgan fingerprint density at radius 3 is 2.43 bits per heavy atom. The second-order valence-electron chi connectivity index (χ2n) is 5.01. The number of rotatable bonds is 5. The van der Waals surface area contributed by atoms with E-state index >= 15 is 0 Å². The van der Waals surface area contributed by atoms with Crippen molar-refractivity contribution in [2.75, 3.05) is 31.5 Å². The number of carbonyl (C=O) groups excluding carboxylic acids is 2. The first-order valence-electron chi connectivity index (χ1n) is 6.65. The molecule has 0 aromatic heterocycles. The van der Waals surface area contributed by atoms with E-state index in [0.29, 0.717) is 41.6 Å². The van der Waals surface area contributed by atoms with Crippen molar-refractivity contribution in [3.63, 3.8) is 0 Å². The van der Waals surface area contributed by atoms with Gasteiger partial charge in [-0.3, -0.25) is 9.59 Å². The second-order valence-corrected chi connectivity index (χ2v) is 5.32. The minimum Gasteiger partial charge on any atom is -0.493 e. The molecule has 1 fully saturated rings. The third kappa shape index (κ3) is 2.97. The van der Waals surface area contributed by atoms with Gasteiger partial charge in [0.1, 0.15) is 0 Å². The van der Waals surface area contributed by atoms with Gasteiger partial charge < -0.3 is 14.4 Å². The summed E-state index contributed by atoms with van der Waals surface area (Å²) in [5.41, 5.74) is 0.994. The summed E-state index contributed by atoms with van der Waals surface area (Å²) >= 11 is 5.84. The lowest BCUT2D eigenvalue weighted by molar-refractivity contribution is -0.117. The van der Waals surface area contributed by atoms with Crippen LogP contribution in [0.3, 0.4) is 0 Å². The Bertz CT molecular complexity index is 573. The van der Waals surface area contributed by atoms with E-state index in [1.54, 1.807) is 17.0 Å². The summed E-state index contributed by atoms with van der Waals surface area (Å²) in [6, 6.07) is 3.28. The molecule has 0 bridgehead atoms. The summed E-state index contributed by atoms with van der Waals surface area (Å²) in [4.78, 5) is 25.6. The number of hydrogen-bond acceptors (Lipinski definition) is 4. The second kappa shape index (κ2) is 6.35. The molecule has 1 atom stereocenters. The molecule has 0 saturated carbocycles. The van der Waals surface area contributed by atoms with E-state index in [1.165, 1.54) is 21.1 Å². The Kier molecular flexibility index (Phi) is 4.73. The van der Waals surface area contributed by atoms with E-state index in [9.17, 15) is 9.59 Å². The molecular weight excluding hydrogens is 294 g/mol. The quantitative estimate of drug-likeness (QED) is 0.619. The van der Waals surface area contributed by atoms with E-state index in [2.05, 4.69) is 0 Å². The zero-order valence-electron chi connectivity index (χ0n) is 12.3. The highest BCUT2D eigenvalue weighted by molar-refractivity contribution is 6.18. The predicted octanol–water partition coefficient (Wildman–Crippen LogP) is 2.50. The Labute approximate surface area is 128 Å². The standard InChI is InChI=1S/C15H18ClNO4/c1-9(18)11-5-13(20-2)14(21-3)6-12(11)17-8-10(7-16)4-15(17)19/h5-6,10H,4,7-8H2,1-3H3. The summed E-state index contributed by atoms with van der Waals surface area (Å²) < 4.78 is 10.5. The van der Waals surface area contributed by atoms with Gasteiger partial charge in [-0.1, -0.05) is 0 Å². The topological polar surface area (TPSA) is 55.8 Å². The van der Waals surface area contributed by atoms with Crippen molar-refractivity contribution in [2.24, 2.45) is 5.92 Å². The molecule has 1 heterocycles. The van der Waals surface area contributed by atoms with Crippen molar-refractivity contribution in [2.45, 2.75) is 13.3 Å². The number of amides is 1. The number of benzene rings is 1. The fourth-order valence-electron chi connectivity index (χ4n) is 2.49. The van der Waals surface area contributed by atoms with Crippen LogP contribution in [0.2, 0.25) is 0 Å². The summed E-state index contributed by atoms with van der Waals surface area (Å²) in [6.07, 6.45) is 0.398. The van der Waals surface area contributed by atoms with Crippen LogP contribution in [0.25, 0.3) is 0 Å². The van der Waals surface area contributed by atoms with Crippen molar-refractivity contribution in [1.29, 1.82) is 0 Å². The molecule has 2 rings (SSSR count). The van der Waals surface area contributed by atoms with Crippen molar-refractivity contribution in [1.82, 2.24) is 0 Å². The average molecular weight is 312 g/mol. The van der Waals surface area contributed by atoms with Crippen LogP contribution in [0.1, 0.15) is 23.7 Å². The summed E-state index contributed by atoms with van der Waals surface area (Å²) in [6.45, 7) is 1.97. The zero-order valence-corrected chi connectivity index (χ0v) is 13.1. The maximum absolute atomic E-state index is 12.2. The lowest BCUT2D eigenvalue weighted by atomic mass is 10.1. The molecule has 1 aromatic rings. The van der Waals surface area contributed by atoms with Crippen LogP contribution in [0, 0.1) is 5.92 Å². The highest BCUT2D eigenvalue weighted by Crippen LogP contribution is 2.37. The fraction of sp³-hybridized carbons (Fsp3) is 0.467. The maximum Gasteiger partial charge on any atom is 0.227 e. The molecule has 5 nitrogen and oxygen atoms in total. The van der Waals surface area contributed by atoms with E-state index in [0.717, 1.165) is 0 Å². The van der Waals surface area contributed by atoms with Crippen molar-refractivity contribution >= 4 is 29.0 Å². The minimum atomic E-state index is -0.131. The van der Waals surface area contributed by atoms with Gasteiger partial charge in [-0.2, -0.15) is 0 Å². The van der Waals surface area contributed by atoms with Crippen LogP contribution in [0.15, 0.2) is 12.1 Å². The van der Waals surface area contributed by atoms with Crippen molar-refractivity contribution < 1.29 is 19.1 Å². The van der Waals surface area contributed by atoms with Gasteiger partial charge in [0.05, 0.1) is 19.9 Å². The number of nitrogens with zero attached hydrogens (tertiary/aromatic N) is 1. The molecule has 114 valence electrons. The SMILES string of the molecule is COc1cc(C(C)=O)c(N2CC(CCl)CC2=O)cc1OC. The van der Waals surface area contributed by atoms with Crippen LogP contribution in [0.5, 0.6) is 11.5 Å². The number of halogens is 1. The number of methoxy groups -OCH3 is 2. The first-order chi connectivity index (χ1) is 10.0. The van der Waals surface area contributed by atoms with Gasteiger partial charge in [-0.25, -0.2) is 0 Å². The monoisotopic (exact) mass is 311 g/mol. The van der Waals surface area contributed by atoms with Gasteiger partial charge in [0, 0.05) is 30.5 Å². The van der Waals surface area contributed by atoms with E-state index < -0.39 is 0 Å². The number of ketones is 1. The Morgan fingerprint density at radius 2 is 1.95 bits per heavy atom. The fourth-order valence-corrected chi connectivity index (χ4v) is 2.70. The molecule has 21 heavy (non-hydrogen) atoms. The third-order valence-electron chi connectivity index (χ3n) is 3.60. The van der Waals surface area contributed by atoms with Crippen LogP contribution < -0.4 is 14.4 Å². The minimum absolute atomic E-state index is 0.0321. The number of ether oxygens (including phenoxy) is 2. The van der Waals surface area contributed by atoms with E-state index in [1.807, 2.05) is 0 Å². The molecule has 0 radical (unpaired) electrons. The number of alkyl halides is 1.